The van der Waals surface area contributed by atoms with E-state index in [1.807, 2.05) is 18.2 Å². The molecule has 4 nitrogen and oxygen atoms in total. The third kappa shape index (κ3) is 5.18. The molecule has 0 bridgehead atoms. The zero-order valence-corrected chi connectivity index (χ0v) is 17.1. The number of benzene rings is 2. The maximum absolute atomic E-state index is 13.1. The highest BCUT2D eigenvalue weighted by Crippen LogP contribution is 2.32. The normalized spacial score (nSPS) is 17.0. The van der Waals surface area contributed by atoms with Crippen molar-refractivity contribution in [1.82, 2.24) is 4.31 Å². The van der Waals surface area contributed by atoms with E-state index >= 15 is 0 Å². The molecule has 0 saturated carbocycles. The van der Waals surface area contributed by atoms with E-state index in [0.29, 0.717) is 24.8 Å². The third-order valence-corrected chi connectivity index (χ3v) is 7.27. The first kappa shape index (κ1) is 21.8. The second-order valence-electron chi connectivity index (χ2n) is 7.81. The van der Waals surface area contributed by atoms with E-state index in [-0.39, 0.29) is 17.2 Å². The molecule has 0 saturated heterocycles. The lowest BCUT2D eigenvalue weighted by molar-refractivity contribution is -0.137. The molecule has 2 aromatic rings. The molecule has 3 rings (SSSR count). The Balaban J connectivity index is 1.79. The Labute approximate surface area is 169 Å². The van der Waals surface area contributed by atoms with E-state index in [4.69, 9.17) is 0 Å². The van der Waals surface area contributed by atoms with Gasteiger partial charge in [0.15, 0.2) is 0 Å². The van der Waals surface area contributed by atoms with Crippen LogP contribution >= 0.6 is 0 Å². The molecule has 8 heteroatoms. The number of aliphatic hydroxyl groups excluding tert-OH is 1. The van der Waals surface area contributed by atoms with Gasteiger partial charge in [-0.1, -0.05) is 24.3 Å². The van der Waals surface area contributed by atoms with E-state index in [1.54, 1.807) is 6.07 Å². The summed E-state index contributed by atoms with van der Waals surface area (Å²) in [4.78, 5) is 0. The van der Waals surface area contributed by atoms with Crippen LogP contribution in [0.1, 0.15) is 33.4 Å². The molecule has 2 aromatic carbocycles. The second kappa shape index (κ2) is 8.08. The van der Waals surface area contributed by atoms with Gasteiger partial charge in [0.2, 0.25) is 10.0 Å². The van der Waals surface area contributed by atoms with Crippen molar-refractivity contribution in [2.75, 3.05) is 19.8 Å². The minimum atomic E-state index is -4.47. The average molecular weight is 427 g/mol. The van der Waals surface area contributed by atoms with Gasteiger partial charge < -0.3 is 5.11 Å². The van der Waals surface area contributed by atoms with Crippen molar-refractivity contribution in [3.63, 3.8) is 0 Å². The lowest BCUT2D eigenvalue weighted by Crippen LogP contribution is -2.29. The van der Waals surface area contributed by atoms with Gasteiger partial charge in [-0.05, 0) is 65.1 Å². The lowest BCUT2D eigenvalue weighted by Gasteiger charge is -2.14. The molecule has 0 spiro atoms. The molecule has 0 amide bonds. The summed E-state index contributed by atoms with van der Waals surface area (Å²) >= 11 is 0. The van der Waals surface area contributed by atoms with Gasteiger partial charge in [0.1, 0.15) is 0 Å². The summed E-state index contributed by atoms with van der Waals surface area (Å²) in [5.41, 5.74) is 2.94. The Bertz CT molecular complexity index is 1000. The molecule has 1 aliphatic rings. The quantitative estimate of drug-likeness (QED) is 0.769. The van der Waals surface area contributed by atoms with Crippen molar-refractivity contribution >= 4 is 10.0 Å². The summed E-state index contributed by atoms with van der Waals surface area (Å²) in [5, 5.41) is 9.29. The Morgan fingerprint density at radius 1 is 1.00 bits per heavy atom. The fraction of sp³-hybridized carbons (Fsp3) is 0.429. The average Bonchev–Trinajstić information content (AvgIpc) is 3.01. The minimum absolute atomic E-state index is 0.00204. The SMILES string of the molecule is CN(C)S(=O)(=O)C[C@H]1Cc2ccc(Cc3cc(CO)cc(C(F)(F)F)c3)cc2C1. The van der Waals surface area contributed by atoms with E-state index in [1.165, 1.54) is 18.4 Å². The molecule has 29 heavy (non-hydrogen) atoms. The first-order valence-corrected chi connectivity index (χ1v) is 10.9. The van der Waals surface area contributed by atoms with Gasteiger partial charge in [-0.15, -0.1) is 0 Å². The molecule has 1 aliphatic carbocycles. The van der Waals surface area contributed by atoms with Crippen molar-refractivity contribution in [2.24, 2.45) is 5.92 Å². The number of sulfonamides is 1. The fourth-order valence-electron chi connectivity index (χ4n) is 3.79. The van der Waals surface area contributed by atoms with Crippen LogP contribution in [0.5, 0.6) is 0 Å². The van der Waals surface area contributed by atoms with Gasteiger partial charge in [-0.3, -0.25) is 0 Å². The molecule has 0 aliphatic heterocycles. The molecule has 158 valence electrons. The smallest absolute Gasteiger partial charge is 0.392 e. The second-order valence-corrected chi connectivity index (χ2v) is 10.0. The molecular formula is C21H24F3NO3S. The predicted molar refractivity (Wildman–Crippen MR) is 105 cm³/mol. The molecular weight excluding hydrogens is 403 g/mol. The van der Waals surface area contributed by atoms with Crippen LogP contribution in [0.4, 0.5) is 13.2 Å². The van der Waals surface area contributed by atoms with Gasteiger partial charge in [-0.25, -0.2) is 12.7 Å². The fourth-order valence-corrected chi connectivity index (χ4v) is 4.92. The van der Waals surface area contributed by atoms with Crippen molar-refractivity contribution in [3.8, 4) is 0 Å². The Morgan fingerprint density at radius 3 is 2.28 bits per heavy atom. The number of hydrogen-bond donors (Lipinski definition) is 1. The van der Waals surface area contributed by atoms with Gasteiger partial charge in [-0.2, -0.15) is 13.2 Å². The minimum Gasteiger partial charge on any atom is -0.392 e. The third-order valence-electron chi connectivity index (χ3n) is 5.26. The summed E-state index contributed by atoms with van der Waals surface area (Å²) in [7, 11) is -0.243. The van der Waals surface area contributed by atoms with Crippen LogP contribution in [0.25, 0.3) is 0 Å². The maximum Gasteiger partial charge on any atom is 0.416 e. The number of aliphatic hydroxyl groups is 1. The largest absolute Gasteiger partial charge is 0.416 e. The molecule has 1 atom stereocenters. The Morgan fingerprint density at radius 2 is 1.66 bits per heavy atom. The number of nitrogens with zero attached hydrogens (tertiary/aromatic N) is 1. The number of halogens is 3. The van der Waals surface area contributed by atoms with Crippen LogP contribution in [0, 0.1) is 5.92 Å². The Hall–Kier alpha value is -1.90. The lowest BCUT2D eigenvalue weighted by atomic mass is 9.97. The predicted octanol–water partition coefficient (Wildman–Crippen LogP) is 3.39. The Kier molecular flexibility index (Phi) is 6.08. The zero-order chi connectivity index (χ0) is 21.4. The number of fused-ring (bicyclic) bond motifs is 1. The monoisotopic (exact) mass is 427 g/mol. The number of alkyl halides is 3. The topological polar surface area (TPSA) is 57.6 Å². The molecule has 0 fully saturated rings. The van der Waals surface area contributed by atoms with Crippen molar-refractivity contribution in [1.29, 1.82) is 0 Å². The molecule has 0 aromatic heterocycles. The number of hydrogen-bond acceptors (Lipinski definition) is 3. The van der Waals surface area contributed by atoms with Crippen molar-refractivity contribution in [3.05, 3.63) is 69.8 Å². The van der Waals surface area contributed by atoms with Crippen LogP contribution in [0.2, 0.25) is 0 Å². The van der Waals surface area contributed by atoms with Crippen molar-refractivity contribution in [2.45, 2.75) is 32.0 Å². The summed E-state index contributed by atoms with van der Waals surface area (Å²) in [6.45, 7) is -0.455. The van der Waals surface area contributed by atoms with Crippen LogP contribution in [0.15, 0.2) is 36.4 Å². The zero-order valence-electron chi connectivity index (χ0n) is 16.3. The van der Waals surface area contributed by atoms with Crippen LogP contribution in [0.3, 0.4) is 0 Å². The van der Waals surface area contributed by atoms with E-state index in [9.17, 15) is 26.7 Å². The van der Waals surface area contributed by atoms with Crippen LogP contribution in [-0.2, 0) is 42.1 Å². The van der Waals surface area contributed by atoms with E-state index in [2.05, 4.69) is 0 Å². The molecule has 0 radical (unpaired) electrons. The maximum atomic E-state index is 13.1. The first-order valence-electron chi connectivity index (χ1n) is 9.29. The highest BCUT2D eigenvalue weighted by Gasteiger charge is 2.31. The molecule has 0 unspecified atom stereocenters. The van der Waals surface area contributed by atoms with E-state index in [0.717, 1.165) is 28.8 Å². The van der Waals surface area contributed by atoms with Crippen LogP contribution < -0.4 is 0 Å². The van der Waals surface area contributed by atoms with Crippen molar-refractivity contribution < 1.29 is 26.7 Å². The van der Waals surface area contributed by atoms with E-state index < -0.39 is 28.4 Å². The van der Waals surface area contributed by atoms with Gasteiger partial charge >= 0.3 is 6.18 Å². The molecule has 0 heterocycles. The number of rotatable bonds is 6. The summed E-state index contributed by atoms with van der Waals surface area (Å²) in [6.07, 6.45) is -2.84. The summed E-state index contributed by atoms with van der Waals surface area (Å²) < 4.78 is 64.8. The highest BCUT2D eigenvalue weighted by atomic mass is 32.2. The molecule has 1 N–H and O–H groups in total. The van der Waals surface area contributed by atoms with Gasteiger partial charge in [0.05, 0.1) is 17.9 Å². The van der Waals surface area contributed by atoms with Gasteiger partial charge in [0.25, 0.3) is 0 Å². The highest BCUT2D eigenvalue weighted by molar-refractivity contribution is 7.89. The standard InChI is InChI=1S/C21H24F3NO3S/c1-25(2)29(27,28)13-17-8-18-4-3-14(7-19(18)9-17)5-15-6-16(12-26)11-20(10-15)21(22,23)24/h3-4,6-7,10-11,17,26H,5,8-9,12-13H2,1-2H3/t17-/m0/s1. The van der Waals surface area contributed by atoms with Crippen LogP contribution in [-0.4, -0.2) is 37.7 Å². The first-order chi connectivity index (χ1) is 13.5. The summed E-state index contributed by atoms with van der Waals surface area (Å²) in [6, 6.07) is 9.42. The summed E-state index contributed by atoms with van der Waals surface area (Å²) in [5.74, 6) is 0.0829. The van der Waals surface area contributed by atoms with Gasteiger partial charge in [0, 0.05) is 14.1 Å².